The summed E-state index contributed by atoms with van der Waals surface area (Å²) in [7, 11) is -2.73. The Balaban J connectivity index is 0.00000408. The van der Waals surface area contributed by atoms with Crippen LogP contribution in [0, 0.1) is 5.41 Å². The molecule has 1 atom stereocenters. The fraction of sp³-hybridized carbons (Fsp3) is 0.400. The Labute approximate surface area is 221 Å². The van der Waals surface area contributed by atoms with Crippen molar-refractivity contribution in [3.63, 3.8) is 0 Å². The molecule has 0 saturated heterocycles. The first-order chi connectivity index (χ1) is 15.8. The molecule has 0 aliphatic rings. The molecule has 0 N–H and O–H groups in total. The molecule has 184 valence electrons. The van der Waals surface area contributed by atoms with Gasteiger partial charge in [-0.25, -0.2) is 0 Å². The summed E-state index contributed by atoms with van der Waals surface area (Å²) in [6, 6.07) is 33.8. The lowest BCUT2D eigenvalue weighted by molar-refractivity contribution is -0.00000794. The lowest BCUT2D eigenvalue weighted by atomic mass is 9.86. The van der Waals surface area contributed by atoms with Gasteiger partial charge in [0.25, 0.3) is 0 Å². The van der Waals surface area contributed by atoms with Crippen molar-refractivity contribution < 1.29 is 21.4 Å². The molecule has 0 bridgehead atoms. The van der Waals surface area contributed by atoms with E-state index in [2.05, 4.69) is 125 Å². The first kappa shape index (κ1) is 29.0. The topological polar surface area (TPSA) is 9.23 Å². The molecule has 0 fully saturated rings. The normalized spacial score (nSPS) is 12.9. The molecular weight excluding hydrogens is 515 g/mol. The minimum atomic E-state index is -1.70. The van der Waals surface area contributed by atoms with Gasteiger partial charge in [0.05, 0.1) is 6.16 Å². The van der Waals surface area contributed by atoms with Gasteiger partial charge in [-0.1, -0.05) is 81.8 Å². The number of hydrogen-bond acceptors (Lipinski definition) is 1. The van der Waals surface area contributed by atoms with Gasteiger partial charge in [-0.05, 0) is 74.2 Å². The van der Waals surface area contributed by atoms with Crippen molar-refractivity contribution in [2.24, 2.45) is 5.41 Å². The minimum Gasteiger partial charge on any atom is -1.00 e. The minimum absolute atomic E-state index is 0. The zero-order valence-corrected chi connectivity index (χ0v) is 25.2. The van der Waals surface area contributed by atoms with E-state index < -0.39 is 16.3 Å². The number of unbranched alkanes of at least 4 members (excludes halogenated alkanes) is 2. The van der Waals surface area contributed by atoms with Crippen LogP contribution in [0.15, 0.2) is 91.0 Å². The largest absolute Gasteiger partial charge is 1.00 e. The van der Waals surface area contributed by atoms with Gasteiger partial charge in [0.2, 0.25) is 0 Å². The van der Waals surface area contributed by atoms with Crippen molar-refractivity contribution >= 4 is 32.2 Å². The van der Waals surface area contributed by atoms with Crippen molar-refractivity contribution in [3.05, 3.63) is 91.0 Å². The highest BCUT2D eigenvalue weighted by Gasteiger charge is 2.44. The highest BCUT2D eigenvalue weighted by Crippen LogP contribution is 2.56. The van der Waals surface area contributed by atoms with Crippen LogP contribution in [0.4, 0.5) is 0 Å². The highest BCUT2D eigenvalue weighted by molar-refractivity contribution is 7.95. The summed E-state index contributed by atoms with van der Waals surface area (Å²) >= 11 is 0. The zero-order valence-electron chi connectivity index (χ0n) is 21.6. The summed E-state index contributed by atoms with van der Waals surface area (Å²) < 4.78 is 6.42. The van der Waals surface area contributed by atoms with E-state index in [9.17, 15) is 0 Å². The molecule has 3 rings (SSSR count). The van der Waals surface area contributed by atoms with Crippen molar-refractivity contribution in [2.75, 3.05) is 6.16 Å². The Kier molecular flexibility index (Phi) is 11.7. The Hall–Kier alpha value is -1.25. The van der Waals surface area contributed by atoms with Crippen LogP contribution >= 0.6 is 7.26 Å². The van der Waals surface area contributed by atoms with Gasteiger partial charge in [-0.2, -0.15) is 0 Å². The Morgan fingerprint density at radius 3 is 1.44 bits per heavy atom. The number of halogens is 1. The van der Waals surface area contributed by atoms with Crippen LogP contribution < -0.4 is 32.9 Å². The average Bonchev–Trinajstić information content (AvgIpc) is 2.81. The fourth-order valence-corrected chi connectivity index (χ4v) is 10.4. The third kappa shape index (κ3) is 7.62. The molecule has 0 amide bonds. The Morgan fingerprint density at radius 1 is 0.676 bits per heavy atom. The third-order valence-corrected chi connectivity index (χ3v) is 11.9. The van der Waals surface area contributed by atoms with Crippen LogP contribution in [-0.2, 0) is 4.43 Å². The SMILES string of the molecule is C[SiH](C)OC(CCCCC[P+](c1ccccc1)(c1ccccc1)c1ccccc1)C(C)(C)C.[Br-]. The van der Waals surface area contributed by atoms with E-state index in [-0.39, 0.29) is 22.4 Å². The van der Waals surface area contributed by atoms with Crippen LogP contribution in [0.25, 0.3) is 0 Å². The summed E-state index contributed by atoms with van der Waals surface area (Å²) in [5.41, 5.74) is 0.214. The monoisotopic (exact) mass is 556 g/mol. The quantitative estimate of drug-likeness (QED) is 0.197. The second-order valence-corrected chi connectivity index (χ2v) is 16.4. The van der Waals surface area contributed by atoms with E-state index >= 15 is 0 Å². The molecule has 0 aliphatic carbocycles. The fourth-order valence-electron chi connectivity index (χ4n) is 4.77. The van der Waals surface area contributed by atoms with Gasteiger partial charge in [-0.15, -0.1) is 0 Å². The molecule has 1 nitrogen and oxygen atoms in total. The molecule has 0 saturated carbocycles. The number of rotatable bonds is 11. The van der Waals surface area contributed by atoms with Crippen molar-refractivity contribution in [1.29, 1.82) is 0 Å². The molecule has 34 heavy (non-hydrogen) atoms. The lowest BCUT2D eigenvalue weighted by Crippen LogP contribution is -3.00. The van der Waals surface area contributed by atoms with E-state index in [1.807, 2.05) is 0 Å². The van der Waals surface area contributed by atoms with E-state index in [0.29, 0.717) is 6.10 Å². The first-order valence-corrected chi connectivity index (χ1v) is 17.3. The summed E-state index contributed by atoms with van der Waals surface area (Å²) in [6.07, 6.45) is 6.49. The third-order valence-electron chi connectivity index (χ3n) is 6.45. The predicted molar refractivity (Wildman–Crippen MR) is 152 cm³/mol. The molecule has 1 unspecified atom stereocenters. The van der Waals surface area contributed by atoms with Gasteiger partial charge in [0.1, 0.15) is 23.2 Å². The van der Waals surface area contributed by atoms with Crippen LogP contribution in [0.1, 0.15) is 46.5 Å². The second-order valence-electron chi connectivity index (χ2n) is 10.4. The van der Waals surface area contributed by atoms with Crippen LogP contribution in [0.5, 0.6) is 0 Å². The lowest BCUT2D eigenvalue weighted by Gasteiger charge is -2.33. The van der Waals surface area contributed by atoms with Gasteiger partial charge in [0.15, 0.2) is 9.04 Å². The summed E-state index contributed by atoms with van der Waals surface area (Å²) in [4.78, 5) is 0. The smallest absolute Gasteiger partial charge is 0.171 e. The van der Waals surface area contributed by atoms with Crippen molar-refractivity contribution in [2.45, 2.75) is 65.7 Å². The summed E-state index contributed by atoms with van der Waals surface area (Å²) in [5, 5.41) is 4.47. The molecule has 0 heterocycles. The first-order valence-electron chi connectivity index (χ1n) is 12.5. The molecule has 3 aromatic carbocycles. The van der Waals surface area contributed by atoms with Crippen LogP contribution in [0.2, 0.25) is 13.1 Å². The number of benzene rings is 3. The van der Waals surface area contributed by atoms with E-state index in [0.717, 1.165) is 0 Å². The van der Waals surface area contributed by atoms with Gasteiger partial charge >= 0.3 is 0 Å². The molecule has 0 aromatic heterocycles. The van der Waals surface area contributed by atoms with Crippen molar-refractivity contribution in [3.8, 4) is 0 Å². The molecular formula is C30H42BrOPSi. The maximum absolute atomic E-state index is 6.42. The molecule has 0 spiro atoms. The average molecular weight is 558 g/mol. The second kappa shape index (κ2) is 13.7. The zero-order chi connectivity index (χ0) is 23.7. The Morgan fingerprint density at radius 2 is 1.09 bits per heavy atom. The van der Waals surface area contributed by atoms with Gasteiger partial charge in [-0.3, -0.25) is 0 Å². The maximum atomic E-state index is 6.42. The molecule has 0 aliphatic heterocycles. The molecule has 3 aromatic rings. The summed E-state index contributed by atoms with van der Waals surface area (Å²) in [5.74, 6) is 0. The van der Waals surface area contributed by atoms with E-state index in [1.54, 1.807) is 0 Å². The molecule has 0 radical (unpaired) electrons. The highest BCUT2D eigenvalue weighted by atomic mass is 79.9. The van der Waals surface area contributed by atoms with Crippen LogP contribution in [-0.4, -0.2) is 21.3 Å². The van der Waals surface area contributed by atoms with Crippen LogP contribution in [0.3, 0.4) is 0 Å². The summed E-state index contributed by atoms with van der Waals surface area (Å²) in [6.45, 7) is 11.6. The molecule has 4 heteroatoms. The Bertz CT molecular complexity index is 845. The van der Waals surface area contributed by atoms with E-state index in [4.69, 9.17) is 4.43 Å². The van der Waals surface area contributed by atoms with E-state index in [1.165, 1.54) is 47.8 Å². The van der Waals surface area contributed by atoms with Crippen molar-refractivity contribution in [1.82, 2.24) is 0 Å². The number of hydrogen-bond donors (Lipinski definition) is 0. The van der Waals surface area contributed by atoms with Gasteiger partial charge < -0.3 is 21.4 Å². The maximum Gasteiger partial charge on any atom is 0.171 e. The predicted octanol–water partition coefficient (Wildman–Crippen LogP) is 3.96. The van der Waals surface area contributed by atoms with Gasteiger partial charge in [0, 0.05) is 6.10 Å². The standard InChI is InChI=1S/C30H42OPSi.BrH/c1-30(2,3)29(31-33(4)5)24-16-9-17-25-32(26-18-10-6-11-19-26,27-20-12-7-13-21-27)28-22-14-8-15-23-28;/h6-8,10-15,18-23,29,33H,9,16-17,24-25H2,1-5H3;1H/q+1;/p-1.